The summed E-state index contributed by atoms with van der Waals surface area (Å²) in [5, 5.41) is 10.5. The van der Waals surface area contributed by atoms with Crippen LogP contribution in [0.1, 0.15) is 12.5 Å². The number of carbonyl (C=O) groups excluding carboxylic acids is 3. The first-order valence-electron chi connectivity index (χ1n) is 7.19. The monoisotopic (exact) mass is 377 g/mol. The maximum Gasteiger partial charge on any atom is 0.331 e. The van der Waals surface area contributed by atoms with E-state index in [0.29, 0.717) is 17.1 Å². The second-order valence-corrected chi connectivity index (χ2v) is 5.77. The lowest BCUT2D eigenvalue weighted by molar-refractivity contribution is -0.135. The van der Waals surface area contributed by atoms with Crippen LogP contribution >= 0.6 is 11.8 Å². The summed E-state index contributed by atoms with van der Waals surface area (Å²) in [6.45, 7) is 1.29. The van der Waals surface area contributed by atoms with Gasteiger partial charge in [0.15, 0.2) is 16.7 Å². The average Bonchev–Trinajstić information content (AvgIpc) is 2.95. The minimum absolute atomic E-state index is 0.165. The predicted octanol–water partition coefficient (Wildman–Crippen LogP) is 1.23. The van der Waals surface area contributed by atoms with Crippen molar-refractivity contribution in [3.05, 3.63) is 34.7 Å². The van der Waals surface area contributed by atoms with Gasteiger partial charge >= 0.3 is 11.9 Å². The molecule has 1 N–H and O–H groups in total. The molecule has 9 nitrogen and oxygen atoms in total. The molecule has 1 aliphatic heterocycles. The molecule has 0 spiro atoms. The van der Waals surface area contributed by atoms with Gasteiger partial charge in [-0.1, -0.05) is 0 Å². The number of hydrogen-bond donors (Lipinski definition) is 1. The number of thioether (sulfide) groups is 1. The molecule has 1 heterocycles. The first-order chi connectivity index (χ1) is 12.4. The van der Waals surface area contributed by atoms with Gasteiger partial charge < -0.3 is 14.2 Å². The molecule has 0 bridgehead atoms. The molecule has 2 rings (SSSR count). The molecule has 136 valence electrons. The van der Waals surface area contributed by atoms with Crippen molar-refractivity contribution in [2.45, 2.75) is 6.92 Å². The van der Waals surface area contributed by atoms with Gasteiger partial charge in [-0.2, -0.15) is 5.10 Å². The average molecular weight is 377 g/mol. The van der Waals surface area contributed by atoms with Crippen molar-refractivity contribution in [2.75, 3.05) is 14.2 Å². The molecule has 26 heavy (non-hydrogen) atoms. The first kappa shape index (κ1) is 19.2. The highest BCUT2D eigenvalue weighted by Gasteiger charge is 2.24. The van der Waals surface area contributed by atoms with Crippen LogP contribution in [0.3, 0.4) is 0 Å². The lowest BCUT2D eigenvalue weighted by atomic mass is 10.2. The molecule has 1 fully saturated rings. The summed E-state index contributed by atoms with van der Waals surface area (Å²) in [5.41, 5.74) is 0.641. The number of esters is 2. The Balaban J connectivity index is 2.09. The fourth-order valence-electron chi connectivity index (χ4n) is 1.79. The van der Waals surface area contributed by atoms with E-state index in [1.807, 2.05) is 0 Å². The minimum atomic E-state index is -0.632. The number of amides is 1. The van der Waals surface area contributed by atoms with E-state index in [2.05, 4.69) is 20.3 Å². The van der Waals surface area contributed by atoms with Crippen molar-refractivity contribution in [3.63, 3.8) is 0 Å². The maximum absolute atomic E-state index is 11.7. The third kappa shape index (κ3) is 5.18. The molecular weight excluding hydrogens is 362 g/mol. The molecule has 1 aromatic rings. The van der Waals surface area contributed by atoms with Crippen LogP contribution < -0.4 is 14.8 Å². The minimum Gasteiger partial charge on any atom is -0.493 e. The zero-order chi connectivity index (χ0) is 19.1. The number of nitrogens with one attached hydrogen (secondary N) is 1. The molecule has 1 aliphatic rings. The number of rotatable bonds is 5. The summed E-state index contributed by atoms with van der Waals surface area (Å²) in [6.07, 6.45) is 2.51. The summed E-state index contributed by atoms with van der Waals surface area (Å²) in [7, 11) is 2.67. The fraction of sp³-hybridized carbons (Fsp3) is 0.188. The summed E-state index contributed by atoms with van der Waals surface area (Å²) < 4.78 is 14.6. The quantitative estimate of drug-likeness (QED) is 0.270. The van der Waals surface area contributed by atoms with Crippen LogP contribution in [0.25, 0.3) is 0 Å². The number of methoxy groups -OCH3 is 2. The van der Waals surface area contributed by atoms with Crippen molar-refractivity contribution in [1.29, 1.82) is 0 Å². The van der Waals surface area contributed by atoms with Crippen molar-refractivity contribution in [3.8, 4) is 11.5 Å². The van der Waals surface area contributed by atoms with Gasteiger partial charge in [0.05, 0.1) is 25.3 Å². The van der Waals surface area contributed by atoms with Gasteiger partial charge in [-0.05, 0) is 35.5 Å². The lowest BCUT2D eigenvalue weighted by Gasteiger charge is -2.07. The Bertz CT molecular complexity index is 831. The molecule has 0 aliphatic carbocycles. The van der Waals surface area contributed by atoms with Crippen LogP contribution in [-0.4, -0.2) is 43.4 Å². The van der Waals surface area contributed by atoms with Crippen LogP contribution in [0.2, 0.25) is 0 Å². The van der Waals surface area contributed by atoms with Gasteiger partial charge in [0.25, 0.3) is 5.91 Å². The highest BCUT2D eigenvalue weighted by Crippen LogP contribution is 2.28. The van der Waals surface area contributed by atoms with E-state index in [-0.39, 0.29) is 10.1 Å². The third-order valence-corrected chi connectivity index (χ3v) is 3.80. The second kappa shape index (κ2) is 8.81. The van der Waals surface area contributed by atoms with Crippen molar-refractivity contribution in [1.82, 2.24) is 5.32 Å². The zero-order valence-corrected chi connectivity index (χ0v) is 15.0. The number of ether oxygens (including phenoxy) is 3. The van der Waals surface area contributed by atoms with E-state index in [1.54, 1.807) is 18.2 Å². The van der Waals surface area contributed by atoms with E-state index >= 15 is 0 Å². The smallest absolute Gasteiger partial charge is 0.331 e. The Morgan fingerprint density at radius 3 is 2.65 bits per heavy atom. The number of amidine groups is 1. The van der Waals surface area contributed by atoms with Gasteiger partial charge in [0, 0.05) is 13.0 Å². The standard InChI is InChI=1S/C16H15N3O6S/c1-9(20)25-11-5-4-10(6-12(11)23-2)8-17-19-16-18-15(22)13(26-16)7-14(21)24-3/h4-8H,1-3H3,(H,18,19,22)/b13-7+,17-8?. The Kier molecular flexibility index (Phi) is 6.50. The Labute approximate surface area is 153 Å². The van der Waals surface area contributed by atoms with E-state index in [9.17, 15) is 14.4 Å². The topological polar surface area (TPSA) is 116 Å². The zero-order valence-electron chi connectivity index (χ0n) is 14.1. The Hall–Kier alpha value is -3.14. The van der Waals surface area contributed by atoms with E-state index in [4.69, 9.17) is 9.47 Å². The van der Waals surface area contributed by atoms with Gasteiger partial charge in [0.1, 0.15) is 0 Å². The molecule has 1 aromatic carbocycles. The van der Waals surface area contributed by atoms with Crippen molar-refractivity contribution >= 4 is 41.0 Å². The highest BCUT2D eigenvalue weighted by molar-refractivity contribution is 8.18. The van der Waals surface area contributed by atoms with Crippen LogP contribution in [0.5, 0.6) is 11.5 Å². The van der Waals surface area contributed by atoms with Crippen LogP contribution in [0.4, 0.5) is 0 Å². The number of nitrogens with zero attached hydrogens (tertiary/aromatic N) is 2. The van der Waals surface area contributed by atoms with Crippen molar-refractivity contribution < 1.29 is 28.6 Å². The van der Waals surface area contributed by atoms with Gasteiger partial charge in [0.2, 0.25) is 0 Å². The lowest BCUT2D eigenvalue weighted by Crippen LogP contribution is -2.19. The third-order valence-electron chi connectivity index (χ3n) is 2.90. The summed E-state index contributed by atoms with van der Waals surface area (Å²) >= 11 is 0.968. The first-order valence-corrected chi connectivity index (χ1v) is 8.01. The highest BCUT2D eigenvalue weighted by atomic mass is 32.2. The molecule has 1 saturated heterocycles. The van der Waals surface area contributed by atoms with Gasteiger partial charge in [-0.15, -0.1) is 5.10 Å². The number of hydrogen-bond acceptors (Lipinski definition) is 9. The largest absolute Gasteiger partial charge is 0.493 e. The number of benzene rings is 1. The molecule has 0 radical (unpaired) electrons. The Morgan fingerprint density at radius 1 is 1.23 bits per heavy atom. The Morgan fingerprint density at radius 2 is 2.00 bits per heavy atom. The molecular formula is C16H15N3O6S. The van der Waals surface area contributed by atoms with Crippen LogP contribution in [0, 0.1) is 0 Å². The molecule has 10 heteroatoms. The molecule has 0 aromatic heterocycles. The van der Waals surface area contributed by atoms with Crippen LogP contribution in [-0.2, 0) is 19.1 Å². The predicted molar refractivity (Wildman–Crippen MR) is 95.2 cm³/mol. The van der Waals surface area contributed by atoms with Crippen LogP contribution in [0.15, 0.2) is 39.4 Å². The maximum atomic E-state index is 11.7. The summed E-state index contributed by atoms with van der Waals surface area (Å²) in [4.78, 5) is 34.0. The fourth-order valence-corrected chi connectivity index (χ4v) is 2.53. The molecule has 0 saturated carbocycles. The molecule has 0 atom stereocenters. The van der Waals surface area contributed by atoms with Gasteiger partial charge in [-0.25, -0.2) is 4.79 Å². The number of carbonyl (C=O) groups is 3. The normalized spacial score (nSPS) is 16.8. The molecule has 0 unspecified atom stereocenters. The van der Waals surface area contributed by atoms with Gasteiger partial charge in [-0.3, -0.25) is 14.9 Å². The van der Waals surface area contributed by atoms with E-state index < -0.39 is 17.8 Å². The van der Waals surface area contributed by atoms with Crippen molar-refractivity contribution in [2.24, 2.45) is 10.2 Å². The SMILES string of the molecule is COC(=O)/C=C1/S/C(=N\N=Cc2ccc(OC(C)=O)c(OC)c2)NC1=O. The summed E-state index contributed by atoms with van der Waals surface area (Å²) in [5.74, 6) is -0.890. The second-order valence-electron chi connectivity index (χ2n) is 4.74. The van der Waals surface area contributed by atoms with E-state index in [0.717, 1.165) is 17.8 Å². The van der Waals surface area contributed by atoms with E-state index in [1.165, 1.54) is 27.4 Å². The summed E-state index contributed by atoms with van der Waals surface area (Å²) in [6, 6.07) is 4.84. The molecule has 1 amide bonds.